The number of methoxy groups -OCH3 is 1. The van der Waals surface area contributed by atoms with Gasteiger partial charge in [-0.05, 0) is 61.6 Å². The molecule has 0 N–H and O–H groups in total. The second-order valence-corrected chi connectivity index (χ2v) is 8.89. The number of ether oxygens (including phenoxy) is 1. The lowest BCUT2D eigenvalue weighted by atomic mass is 9.75. The summed E-state index contributed by atoms with van der Waals surface area (Å²) >= 11 is 0. The van der Waals surface area contributed by atoms with Gasteiger partial charge in [-0.3, -0.25) is 9.59 Å². The molecule has 4 fully saturated rings. The fourth-order valence-corrected chi connectivity index (χ4v) is 5.74. The number of benzene rings is 1. The zero-order valence-electron chi connectivity index (χ0n) is 16.0. The standard InChI is InChI=1S/C22H28N2O3/c1-27-18-7-5-17(6-8-18)22(9-10-22)21(26)23-12-15-11-16(14-23)19-3-2-4-20(25)24(19)13-15/h5-8,15-16,19H,2-4,9-14H2,1H3/t15-,16-,19-/m1/s1. The number of likely N-dealkylation sites (tertiary alicyclic amines) is 1. The zero-order chi connectivity index (χ0) is 18.6. The van der Waals surface area contributed by atoms with Crippen molar-refractivity contribution in [2.24, 2.45) is 11.8 Å². The van der Waals surface area contributed by atoms with Crippen molar-refractivity contribution < 1.29 is 14.3 Å². The molecule has 0 spiro atoms. The van der Waals surface area contributed by atoms with Crippen molar-refractivity contribution in [3.8, 4) is 5.75 Å². The number of rotatable bonds is 3. The number of nitrogens with zero attached hydrogens (tertiary/aromatic N) is 2. The van der Waals surface area contributed by atoms with Crippen LogP contribution >= 0.6 is 0 Å². The minimum Gasteiger partial charge on any atom is -0.497 e. The zero-order valence-corrected chi connectivity index (χ0v) is 16.0. The summed E-state index contributed by atoms with van der Waals surface area (Å²) in [6, 6.07) is 8.37. The monoisotopic (exact) mass is 368 g/mol. The summed E-state index contributed by atoms with van der Waals surface area (Å²) < 4.78 is 5.26. The van der Waals surface area contributed by atoms with Crippen LogP contribution in [0.3, 0.4) is 0 Å². The Morgan fingerprint density at radius 2 is 1.93 bits per heavy atom. The molecule has 3 aliphatic heterocycles. The van der Waals surface area contributed by atoms with E-state index in [1.54, 1.807) is 7.11 Å². The number of hydrogen-bond donors (Lipinski definition) is 0. The molecule has 27 heavy (non-hydrogen) atoms. The fourth-order valence-electron chi connectivity index (χ4n) is 5.74. The van der Waals surface area contributed by atoms with Gasteiger partial charge in [0.15, 0.2) is 0 Å². The van der Waals surface area contributed by atoms with Crippen molar-refractivity contribution in [3.63, 3.8) is 0 Å². The van der Waals surface area contributed by atoms with Crippen LogP contribution in [0.15, 0.2) is 24.3 Å². The summed E-state index contributed by atoms with van der Waals surface area (Å²) in [5.41, 5.74) is 0.804. The van der Waals surface area contributed by atoms with Gasteiger partial charge in [0.05, 0.1) is 12.5 Å². The van der Waals surface area contributed by atoms with Crippen molar-refractivity contribution in [2.75, 3.05) is 26.7 Å². The van der Waals surface area contributed by atoms with Crippen LogP contribution in [0.5, 0.6) is 5.75 Å². The van der Waals surface area contributed by atoms with Crippen LogP contribution in [0.2, 0.25) is 0 Å². The van der Waals surface area contributed by atoms with Crippen molar-refractivity contribution in [2.45, 2.75) is 50.0 Å². The molecule has 3 saturated heterocycles. The van der Waals surface area contributed by atoms with Crippen LogP contribution in [0.1, 0.15) is 44.1 Å². The molecule has 0 aromatic heterocycles. The smallest absolute Gasteiger partial charge is 0.233 e. The summed E-state index contributed by atoms with van der Waals surface area (Å²) in [5, 5.41) is 0. The van der Waals surface area contributed by atoms with Crippen LogP contribution in [-0.4, -0.2) is 54.4 Å². The summed E-state index contributed by atoms with van der Waals surface area (Å²) in [6.07, 6.45) is 5.88. The molecule has 3 heterocycles. The second kappa shape index (κ2) is 6.25. The number of piperidine rings is 3. The van der Waals surface area contributed by atoms with E-state index in [1.165, 1.54) is 6.42 Å². The molecule has 5 nitrogen and oxygen atoms in total. The quantitative estimate of drug-likeness (QED) is 0.824. The lowest BCUT2D eigenvalue weighted by molar-refractivity contribution is -0.149. The van der Waals surface area contributed by atoms with Crippen molar-refractivity contribution in [1.29, 1.82) is 0 Å². The Balaban J connectivity index is 1.35. The van der Waals surface area contributed by atoms with E-state index in [2.05, 4.69) is 21.9 Å². The molecule has 2 amide bonds. The first-order valence-corrected chi connectivity index (χ1v) is 10.3. The molecule has 2 bridgehead atoms. The molecule has 1 aromatic carbocycles. The minimum absolute atomic E-state index is 0.304. The predicted octanol–water partition coefficient (Wildman–Crippen LogP) is 2.59. The third kappa shape index (κ3) is 2.74. The van der Waals surface area contributed by atoms with Crippen LogP contribution in [0.4, 0.5) is 0 Å². The van der Waals surface area contributed by atoms with Gasteiger partial charge in [0.25, 0.3) is 0 Å². The molecule has 1 saturated carbocycles. The Morgan fingerprint density at radius 1 is 1.15 bits per heavy atom. The Bertz CT molecular complexity index is 755. The molecular formula is C22H28N2O3. The average molecular weight is 368 g/mol. The molecular weight excluding hydrogens is 340 g/mol. The molecule has 144 valence electrons. The number of hydrogen-bond acceptors (Lipinski definition) is 3. The molecule has 0 radical (unpaired) electrons. The summed E-state index contributed by atoms with van der Waals surface area (Å²) in [6.45, 7) is 2.48. The van der Waals surface area contributed by atoms with E-state index in [4.69, 9.17) is 4.74 Å². The molecule has 5 heteroatoms. The third-order valence-electron chi connectivity index (χ3n) is 7.27. The summed E-state index contributed by atoms with van der Waals surface area (Å²) in [7, 11) is 1.67. The van der Waals surface area contributed by atoms with E-state index in [0.717, 1.165) is 56.6 Å². The van der Waals surface area contributed by atoms with Gasteiger partial charge in [-0.25, -0.2) is 0 Å². The van der Waals surface area contributed by atoms with Gasteiger partial charge in [0, 0.05) is 32.1 Å². The van der Waals surface area contributed by atoms with E-state index in [9.17, 15) is 9.59 Å². The predicted molar refractivity (Wildman–Crippen MR) is 101 cm³/mol. The van der Waals surface area contributed by atoms with Crippen molar-refractivity contribution >= 4 is 11.8 Å². The average Bonchev–Trinajstić information content (AvgIpc) is 3.50. The largest absolute Gasteiger partial charge is 0.497 e. The second-order valence-electron chi connectivity index (χ2n) is 8.89. The lowest BCUT2D eigenvalue weighted by Gasteiger charge is -2.52. The topological polar surface area (TPSA) is 49.9 Å². The number of amides is 2. The van der Waals surface area contributed by atoms with Gasteiger partial charge in [-0.1, -0.05) is 12.1 Å². The van der Waals surface area contributed by atoms with Crippen molar-refractivity contribution in [1.82, 2.24) is 9.80 Å². The molecule has 1 aromatic rings. The van der Waals surface area contributed by atoms with Gasteiger partial charge in [0.2, 0.25) is 11.8 Å². The normalized spacial score (nSPS) is 31.3. The lowest BCUT2D eigenvalue weighted by Crippen LogP contribution is -2.62. The Hall–Kier alpha value is -2.04. The highest BCUT2D eigenvalue weighted by molar-refractivity contribution is 5.91. The van der Waals surface area contributed by atoms with Crippen LogP contribution in [0, 0.1) is 11.8 Å². The van der Waals surface area contributed by atoms with Gasteiger partial charge >= 0.3 is 0 Å². The van der Waals surface area contributed by atoms with E-state index >= 15 is 0 Å². The molecule has 0 unspecified atom stereocenters. The third-order valence-corrected chi connectivity index (χ3v) is 7.27. The Kier molecular flexibility index (Phi) is 3.95. The Morgan fingerprint density at radius 3 is 2.63 bits per heavy atom. The highest BCUT2D eigenvalue weighted by Crippen LogP contribution is 2.51. The first kappa shape index (κ1) is 17.1. The maximum Gasteiger partial charge on any atom is 0.233 e. The van der Waals surface area contributed by atoms with Crippen molar-refractivity contribution in [3.05, 3.63) is 29.8 Å². The maximum atomic E-state index is 13.5. The fraction of sp³-hybridized carbons (Fsp3) is 0.636. The number of fused-ring (bicyclic) bond motifs is 4. The van der Waals surface area contributed by atoms with E-state index in [1.807, 2.05) is 12.1 Å². The van der Waals surface area contributed by atoms with Crippen LogP contribution in [0.25, 0.3) is 0 Å². The highest BCUT2D eigenvalue weighted by Gasteiger charge is 2.55. The van der Waals surface area contributed by atoms with Gasteiger partial charge in [-0.15, -0.1) is 0 Å². The first-order valence-electron chi connectivity index (χ1n) is 10.3. The van der Waals surface area contributed by atoms with Gasteiger partial charge in [0.1, 0.15) is 5.75 Å². The number of carbonyl (C=O) groups excluding carboxylic acids is 2. The molecule has 3 atom stereocenters. The summed E-state index contributed by atoms with van der Waals surface area (Å²) in [5.74, 6) is 2.36. The molecule has 1 aliphatic carbocycles. The van der Waals surface area contributed by atoms with Gasteiger partial charge in [-0.2, -0.15) is 0 Å². The first-order chi connectivity index (χ1) is 13.1. The SMILES string of the molecule is COc1ccc(C2(C(=O)N3C[C@H]4C[C@H](C3)[C@H]3CCCC(=O)N3C4)CC2)cc1. The van der Waals surface area contributed by atoms with E-state index < -0.39 is 0 Å². The van der Waals surface area contributed by atoms with E-state index in [-0.39, 0.29) is 5.41 Å². The molecule has 4 aliphatic rings. The summed E-state index contributed by atoms with van der Waals surface area (Å²) in [4.78, 5) is 30.1. The highest BCUT2D eigenvalue weighted by atomic mass is 16.5. The van der Waals surface area contributed by atoms with E-state index in [0.29, 0.717) is 36.1 Å². The van der Waals surface area contributed by atoms with Crippen LogP contribution < -0.4 is 4.74 Å². The number of carbonyl (C=O) groups is 2. The maximum absolute atomic E-state index is 13.5. The van der Waals surface area contributed by atoms with Crippen LogP contribution in [-0.2, 0) is 15.0 Å². The molecule has 5 rings (SSSR count). The Labute approximate surface area is 160 Å². The minimum atomic E-state index is -0.319. The van der Waals surface area contributed by atoms with Gasteiger partial charge < -0.3 is 14.5 Å².